The Kier molecular flexibility index (Phi) is 4.86. The fourth-order valence-electron chi connectivity index (χ4n) is 2.27. The molecule has 122 valence electrons. The van der Waals surface area contributed by atoms with E-state index < -0.39 is 17.3 Å². The largest absolute Gasteiger partial charge is 0.481 e. The number of carboxylic acid groups (broad SMARTS) is 1. The van der Waals surface area contributed by atoms with Gasteiger partial charge in [-0.25, -0.2) is 0 Å². The number of amides is 1. The van der Waals surface area contributed by atoms with Crippen LogP contribution in [0.4, 0.5) is 0 Å². The number of para-hydroxylation sites is 1. The highest BCUT2D eigenvalue weighted by atomic mass is 32.2. The number of hydrogen-bond donors (Lipinski definition) is 2. The molecule has 2 aromatic rings. The second-order valence-corrected chi connectivity index (χ2v) is 6.22. The summed E-state index contributed by atoms with van der Waals surface area (Å²) < 4.78 is 5.71. The van der Waals surface area contributed by atoms with Gasteiger partial charge in [0.15, 0.2) is 0 Å². The number of rotatable bonds is 5. The van der Waals surface area contributed by atoms with Gasteiger partial charge in [-0.3, -0.25) is 9.59 Å². The Labute approximate surface area is 143 Å². The van der Waals surface area contributed by atoms with Crippen molar-refractivity contribution in [2.24, 2.45) is 5.92 Å². The maximum absolute atomic E-state index is 12.4. The van der Waals surface area contributed by atoms with Crippen LogP contribution in [0.2, 0.25) is 0 Å². The van der Waals surface area contributed by atoms with Crippen molar-refractivity contribution < 1.29 is 19.4 Å². The molecule has 0 fully saturated rings. The van der Waals surface area contributed by atoms with E-state index in [9.17, 15) is 9.59 Å². The van der Waals surface area contributed by atoms with Crippen molar-refractivity contribution >= 4 is 23.6 Å². The molecular formula is C18H15NO4S. The van der Waals surface area contributed by atoms with Crippen LogP contribution in [0.1, 0.15) is 10.4 Å². The van der Waals surface area contributed by atoms with Crippen molar-refractivity contribution in [3.63, 3.8) is 0 Å². The van der Waals surface area contributed by atoms with Crippen molar-refractivity contribution in [3.05, 3.63) is 71.6 Å². The number of benzene rings is 2. The average Bonchev–Trinajstić information content (AvgIpc) is 3.04. The summed E-state index contributed by atoms with van der Waals surface area (Å²) in [5.74, 6) is -0.788. The average molecular weight is 341 g/mol. The molecule has 1 aliphatic rings. The van der Waals surface area contributed by atoms with Gasteiger partial charge in [-0.2, -0.15) is 0 Å². The van der Waals surface area contributed by atoms with Crippen LogP contribution in [0.3, 0.4) is 0 Å². The highest BCUT2D eigenvalue weighted by molar-refractivity contribution is 8.03. The number of nitrogens with one attached hydrogen (secondary N) is 1. The zero-order valence-corrected chi connectivity index (χ0v) is 13.4. The maximum atomic E-state index is 12.4. The molecule has 2 unspecified atom stereocenters. The summed E-state index contributed by atoms with van der Waals surface area (Å²) in [4.78, 5) is 23.5. The Morgan fingerprint density at radius 3 is 2.54 bits per heavy atom. The molecule has 1 amide bonds. The summed E-state index contributed by atoms with van der Waals surface area (Å²) in [7, 11) is 0. The molecule has 0 spiro atoms. The number of aliphatic carboxylic acids is 1. The number of thioether (sulfide) groups is 1. The summed E-state index contributed by atoms with van der Waals surface area (Å²) in [5.41, 5.74) is 0.417. The lowest BCUT2D eigenvalue weighted by atomic mass is 10.1. The molecule has 6 heteroatoms. The van der Waals surface area contributed by atoms with Gasteiger partial charge in [0, 0.05) is 5.56 Å². The zero-order chi connectivity index (χ0) is 16.9. The summed E-state index contributed by atoms with van der Waals surface area (Å²) >= 11 is 1.28. The fourth-order valence-corrected chi connectivity index (χ4v) is 3.25. The molecular weight excluding hydrogens is 326 g/mol. The van der Waals surface area contributed by atoms with E-state index in [1.165, 1.54) is 11.8 Å². The van der Waals surface area contributed by atoms with Crippen LogP contribution in [-0.4, -0.2) is 22.4 Å². The van der Waals surface area contributed by atoms with E-state index in [0.29, 0.717) is 17.1 Å². The zero-order valence-electron chi connectivity index (χ0n) is 12.6. The summed E-state index contributed by atoms with van der Waals surface area (Å²) in [6.45, 7) is 0. The van der Waals surface area contributed by atoms with Gasteiger partial charge in [0.1, 0.15) is 17.4 Å². The van der Waals surface area contributed by atoms with Gasteiger partial charge in [0.2, 0.25) is 0 Å². The first kappa shape index (κ1) is 16.1. The van der Waals surface area contributed by atoms with E-state index in [1.54, 1.807) is 35.7 Å². The van der Waals surface area contributed by atoms with Crippen molar-refractivity contribution in [1.82, 2.24) is 5.32 Å². The van der Waals surface area contributed by atoms with Gasteiger partial charge in [0.05, 0.1) is 5.37 Å². The number of carbonyl (C=O) groups is 2. The molecule has 2 aromatic carbocycles. The molecule has 0 saturated heterocycles. The monoisotopic (exact) mass is 341 g/mol. The topological polar surface area (TPSA) is 75.6 Å². The van der Waals surface area contributed by atoms with Crippen LogP contribution in [0.5, 0.6) is 11.5 Å². The Morgan fingerprint density at radius 2 is 1.79 bits per heavy atom. The van der Waals surface area contributed by atoms with Gasteiger partial charge in [0.25, 0.3) is 5.91 Å². The number of ether oxygens (including phenoxy) is 1. The van der Waals surface area contributed by atoms with E-state index in [0.717, 1.165) is 0 Å². The van der Waals surface area contributed by atoms with E-state index in [-0.39, 0.29) is 5.91 Å². The minimum absolute atomic E-state index is 0.332. The lowest BCUT2D eigenvalue weighted by Crippen LogP contribution is -2.38. The summed E-state index contributed by atoms with van der Waals surface area (Å²) in [6.07, 6.45) is 1.58. The SMILES string of the molecule is O=C(NC1SC=CC1C(=O)O)c1cccc(Oc2ccccc2)c1. The van der Waals surface area contributed by atoms with Crippen molar-refractivity contribution in [2.45, 2.75) is 5.37 Å². The van der Waals surface area contributed by atoms with Crippen LogP contribution in [0.25, 0.3) is 0 Å². The predicted octanol–water partition coefficient (Wildman–Crippen LogP) is 3.50. The first-order chi connectivity index (χ1) is 11.6. The fraction of sp³-hybridized carbons (Fsp3) is 0.111. The minimum Gasteiger partial charge on any atom is -0.481 e. The molecule has 24 heavy (non-hydrogen) atoms. The second kappa shape index (κ2) is 7.23. The smallest absolute Gasteiger partial charge is 0.313 e. The molecule has 0 saturated carbocycles. The Bertz CT molecular complexity index is 776. The number of hydrogen-bond acceptors (Lipinski definition) is 4. The summed E-state index contributed by atoms with van der Waals surface area (Å²) in [5, 5.41) is 13.1. The van der Waals surface area contributed by atoms with E-state index in [1.807, 2.05) is 30.3 Å². The highest BCUT2D eigenvalue weighted by Crippen LogP contribution is 2.28. The van der Waals surface area contributed by atoms with E-state index in [4.69, 9.17) is 9.84 Å². The molecule has 0 radical (unpaired) electrons. The van der Waals surface area contributed by atoms with Crippen LogP contribution >= 0.6 is 11.8 Å². The number of carboxylic acids is 1. The molecule has 0 aliphatic carbocycles. The van der Waals surface area contributed by atoms with Crippen LogP contribution in [0.15, 0.2) is 66.1 Å². The Hall–Kier alpha value is -2.73. The van der Waals surface area contributed by atoms with E-state index in [2.05, 4.69) is 5.32 Å². The quantitative estimate of drug-likeness (QED) is 0.870. The van der Waals surface area contributed by atoms with Gasteiger partial charge < -0.3 is 15.2 Å². The molecule has 1 heterocycles. The molecule has 2 atom stereocenters. The van der Waals surface area contributed by atoms with Crippen LogP contribution in [-0.2, 0) is 4.79 Å². The van der Waals surface area contributed by atoms with E-state index >= 15 is 0 Å². The summed E-state index contributed by atoms with van der Waals surface area (Å²) in [6, 6.07) is 16.0. The predicted molar refractivity (Wildman–Crippen MR) is 92.1 cm³/mol. The van der Waals surface area contributed by atoms with Crippen molar-refractivity contribution in [2.75, 3.05) is 0 Å². The molecule has 3 rings (SSSR count). The first-order valence-corrected chi connectivity index (χ1v) is 8.26. The van der Waals surface area contributed by atoms with Gasteiger partial charge in [-0.1, -0.05) is 30.3 Å². The molecule has 2 N–H and O–H groups in total. The molecule has 5 nitrogen and oxygen atoms in total. The van der Waals surface area contributed by atoms with Gasteiger partial charge >= 0.3 is 5.97 Å². The highest BCUT2D eigenvalue weighted by Gasteiger charge is 2.31. The molecule has 0 aromatic heterocycles. The third-order valence-corrected chi connectivity index (χ3v) is 4.49. The molecule has 1 aliphatic heterocycles. The normalized spacial score (nSPS) is 19.0. The van der Waals surface area contributed by atoms with Crippen molar-refractivity contribution in [3.8, 4) is 11.5 Å². The molecule has 0 bridgehead atoms. The van der Waals surface area contributed by atoms with Gasteiger partial charge in [-0.15, -0.1) is 11.8 Å². The van der Waals surface area contributed by atoms with Crippen molar-refractivity contribution in [1.29, 1.82) is 0 Å². The standard InChI is InChI=1S/C18H15NO4S/c20-16(19-17-15(18(21)22)9-10-24-17)12-5-4-8-14(11-12)23-13-6-2-1-3-7-13/h1-11,15,17H,(H,19,20)(H,21,22). The van der Waals surface area contributed by atoms with Crippen LogP contribution < -0.4 is 10.1 Å². The third kappa shape index (κ3) is 3.78. The van der Waals surface area contributed by atoms with Crippen LogP contribution in [0, 0.1) is 5.92 Å². The third-order valence-electron chi connectivity index (χ3n) is 3.47. The van der Waals surface area contributed by atoms with Gasteiger partial charge in [-0.05, 0) is 35.7 Å². The lowest BCUT2D eigenvalue weighted by molar-refractivity contribution is -0.140. The second-order valence-electron chi connectivity index (χ2n) is 5.17. The maximum Gasteiger partial charge on any atom is 0.313 e. The minimum atomic E-state index is -0.956. The Balaban J connectivity index is 1.69. The Morgan fingerprint density at radius 1 is 1.04 bits per heavy atom. The lowest BCUT2D eigenvalue weighted by Gasteiger charge is -2.17. The number of carbonyl (C=O) groups excluding carboxylic acids is 1. The first-order valence-electron chi connectivity index (χ1n) is 7.32.